The van der Waals surface area contributed by atoms with Crippen LogP contribution in [0.25, 0.3) is 0 Å². The number of nitrogens with zero attached hydrogens (tertiary/aromatic N) is 5. The minimum absolute atomic E-state index is 0.00947. The molecular formula is C23H23N5. The van der Waals surface area contributed by atoms with Crippen LogP contribution in [0.15, 0.2) is 73.5 Å². The van der Waals surface area contributed by atoms with Gasteiger partial charge in [-0.2, -0.15) is 0 Å². The number of aromatic nitrogens is 3. The average Bonchev–Trinajstić information content (AvgIpc) is 3.02. The lowest BCUT2D eigenvalue weighted by Crippen LogP contribution is -2.36. The highest BCUT2D eigenvalue weighted by atomic mass is 15.4. The molecule has 1 aromatic carbocycles. The average molecular weight is 369 g/mol. The number of fused-ring (bicyclic) bond motifs is 5. The summed E-state index contributed by atoms with van der Waals surface area (Å²) in [4.78, 5) is 17.8. The largest absolute Gasteiger partial charge is 0.312 e. The summed E-state index contributed by atoms with van der Waals surface area (Å²) in [5.41, 5.74) is 4.73. The van der Waals surface area contributed by atoms with Crippen molar-refractivity contribution in [1.82, 2.24) is 15.0 Å². The SMILES string of the molecule is CCC1(CC)C=CC2N(c3ccccc31)c1cncnc1N2c1ccncc1. The molecule has 3 aromatic rings. The van der Waals surface area contributed by atoms with Crippen molar-refractivity contribution in [1.29, 1.82) is 0 Å². The van der Waals surface area contributed by atoms with Crippen LogP contribution in [0, 0.1) is 0 Å². The normalized spacial score (nSPS) is 19.0. The molecule has 2 aliphatic rings. The maximum atomic E-state index is 4.64. The van der Waals surface area contributed by atoms with Crippen molar-refractivity contribution in [2.45, 2.75) is 38.3 Å². The quantitative estimate of drug-likeness (QED) is 0.600. The van der Waals surface area contributed by atoms with Crippen LogP contribution in [-0.4, -0.2) is 21.1 Å². The summed E-state index contributed by atoms with van der Waals surface area (Å²) in [5, 5.41) is 0. The highest BCUT2D eigenvalue weighted by molar-refractivity contribution is 5.87. The summed E-state index contributed by atoms with van der Waals surface area (Å²) in [6.45, 7) is 4.55. The zero-order chi connectivity index (χ0) is 19.1. The van der Waals surface area contributed by atoms with Crippen molar-refractivity contribution in [3.8, 4) is 0 Å². The molecule has 0 saturated carbocycles. The number of hydrogen-bond donors (Lipinski definition) is 0. The molecule has 1 unspecified atom stereocenters. The Morgan fingerprint density at radius 1 is 0.929 bits per heavy atom. The van der Waals surface area contributed by atoms with E-state index in [9.17, 15) is 0 Å². The van der Waals surface area contributed by atoms with Crippen LogP contribution in [0.3, 0.4) is 0 Å². The van der Waals surface area contributed by atoms with Crippen LogP contribution in [0.5, 0.6) is 0 Å². The van der Waals surface area contributed by atoms with Gasteiger partial charge in [0.15, 0.2) is 5.82 Å². The Kier molecular flexibility index (Phi) is 3.90. The van der Waals surface area contributed by atoms with Gasteiger partial charge in [0.25, 0.3) is 0 Å². The Bertz CT molecular complexity index is 1030. The molecule has 0 bridgehead atoms. The maximum absolute atomic E-state index is 4.64. The fraction of sp³-hybridized carbons (Fsp3) is 0.261. The van der Waals surface area contributed by atoms with Crippen LogP contribution in [-0.2, 0) is 5.41 Å². The molecule has 0 N–H and O–H groups in total. The molecule has 0 spiro atoms. The van der Waals surface area contributed by atoms with Crippen molar-refractivity contribution in [3.05, 3.63) is 79.0 Å². The van der Waals surface area contributed by atoms with Gasteiger partial charge in [0.05, 0.1) is 6.20 Å². The van der Waals surface area contributed by atoms with Gasteiger partial charge in [-0.15, -0.1) is 0 Å². The first-order valence-corrected chi connectivity index (χ1v) is 9.86. The molecule has 5 rings (SSSR count). The van der Waals surface area contributed by atoms with Gasteiger partial charge < -0.3 is 4.90 Å². The van der Waals surface area contributed by atoms with E-state index in [4.69, 9.17) is 0 Å². The summed E-state index contributed by atoms with van der Waals surface area (Å²) in [6, 6.07) is 12.8. The Hall–Kier alpha value is -3.21. The smallest absolute Gasteiger partial charge is 0.162 e. The number of allylic oxidation sites excluding steroid dienone is 1. The van der Waals surface area contributed by atoms with E-state index in [1.54, 1.807) is 6.33 Å². The van der Waals surface area contributed by atoms with Crippen LogP contribution >= 0.6 is 0 Å². The monoisotopic (exact) mass is 369 g/mol. The molecule has 0 saturated heterocycles. The minimum atomic E-state index is 0.00947. The first-order valence-electron chi connectivity index (χ1n) is 9.86. The molecular weight excluding hydrogens is 346 g/mol. The van der Waals surface area contributed by atoms with Crippen molar-refractivity contribution in [2.75, 3.05) is 9.80 Å². The van der Waals surface area contributed by atoms with Gasteiger partial charge in [-0.1, -0.05) is 38.1 Å². The van der Waals surface area contributed by atoms with Gasteiger partial charge in [0.1, 0.15) is 18.2 Å². The maximum Gasteiger partial charge on any atom is 0.162 e. The van der Waals surface area contributed by atoms with Crippen LogP contribution < -0.4 is 9.80 Å². The Morgan fingerprint density at radius 3 is 2.50 bits per heavy atom. The molecule has 140 valence electrons. The summed E-state index contributed by atoms with van der Waals surface area (Å²) in [5.74, 6) is 0.922. The van der Waals surface area contributed by atoms with E-state index in [1.807, 2.05) is 30.7 Å². The van der Waals surface area contributed by atoms with Crippen molar-refractivity contribution in [2.24, 2.45) is 0 Å². The summed E-state index contributed by atoms with van der Waals surface area (Å²) in [7, 11) is 0. The van der Waals surface area contributed by atoms with E-state index in [0.717, 1.165) is 30.0 Å². The zero-order valence-corrected chi connectivity index (χ0v) is 16.2. The highest BCUT2D eigenvalue weighted by Crippen LogP contribution is 2.51. The van der Waals surface area contributed by atoms with Gasteiger partial charge in [-0.3, -0.25) is 9.88 Å². The molecule has 28 heavy (non-hydrogen) atoms. The second-order valence-corrected chi connectivity index (χ2v) is 7.33. The Labute approximate surface area is 165 Å². The third-order valence-corrected chi connectivity index (χ3v) is 6.18. The van der Waals surface area contributed by atoms with E-state index in [2.05, 4.69) is 75.0 Å². The lowest BCUT2D eigenvalue weighted by Gasteiger charge is -2.32. The third kappa shape index (κ3) is 2.29. The van der Waals surface area contributed by atoms with Crippen LogP contribution in [0.2, 0.25) is 0 Å². The molecule has 2 aromatic heterocycles. The van der Waals surface area contributed by atoms with E-state index < -0.39 is 0 Å². The van der Waals surface area contributed by atoms with Crippen LogP contribution in [0.1, 0.15) is 32.3 Å². The van der Waals surface area contributed by atoms with Gasteiger partial charge in [0.2, 0.25) is 0 Å². The highest BCUT2D eigenvalue weighted by Gasteiger charge is 2.43. The number of benzene rings is 1. The van der Waals surface area contributed by atoms with E-state index in [1.165, 1.54) is 11.3 Å². The lowest BCUT2D eigenvalue weighted by molar-refractivity contribution is 0.499. The van der Waals surface area contributed by atoms with Crippen molar-refractivity contribution < 1.29 is 0 Å². The van der Waals surface area contributed by atoms with Gasteiger partial charge in [-0.05, 0) is 42.7 Å². The Morgan fingerprint density at radius 2 is 1.71 bits per heavy atom. The number of rotatable bonds is 3. The van der Waals surface area contributed by atoms with Crippen molar-refractivity contribution in [3.63, 3.8) is 0 Å². The van der Waals surface area contributed by atoms with E-state index in [-0.39, 0.29) is 11.6 Å². The van der Waals surface area contributed by atoms with Gasteiger partial charge >= 0.3 is 0 Å². The lowest BCUT2D eigenvalue weighted by atomic mass is 9.75. The first kappa shape index (κ1) is 16.9. The second-order valence-electron chi connectivity index (χ2n) is 7.33. The van der Waals surface area contributed by atoms with Gasteiger partial charge in [-0.25, -0.2) is 9.97 Å². The summed E-state index contributed by atoms with van der Waals surface area (Å²) < 4.78 is 0. The minimum Gasteiger partial charge on any atom is -0.312 e. The Balaban J connectivity index is 1.78. The summed E-state index contributed by atoms with van der Waals surface area (Å²) >= 11 is 0. The fourth-order valence-electron chi connectivity index (χ4n) is 4.61. The molecule has 5 nitrogen and oxygen atoms in total. The molecule has 4 heterocycles. The molecule has 1 atom stereocenters. The first-order chi connectivity index (χ1) is 13.8. The summed E-state index contributed by atoms with van der Waals surface area (Å²) in [6.07, 6.45) is 14.1. The predicted molar refractivity (Wildman–Crippen MR) is 112 cm³/mol. The fourth-order valence-corrected chi connectivity index (χ4v) is 4.61. The molecule has 0 radical (unpaired) electrons. The third-order valence-electron chi connectivity index (χ3n) is 6.18. The van der Waals surface area contributed by atoms with Crippen LogP contribution in [0.4, 0.5) is 22.9 Å². The molecule has 0 amide bonds. The molecule has 2 aliphatic heterocycles. The zero-order valence-electron chi connectivity index (χ0n) is 16.2. The second kappa shape index (κ2) is 6.44. The molecule has 0 fully saturated rings. The predicted octanol–water partition coefficient (Wildman–Crippen LogP) is 5.12. The van der Waals surface area contributed by atoms with Crippen molar-refractivity contribution >= 4 is 22.9 Å². The molecule has 0 aliphatic carbocycles. The molecule has 5 heteroatoms. The number of anilines is 4. The van der Waals surface area contributed by atoms with E-state index >= 15 is 0 Å². The van der Waals surface area contributed by atoms with Gasteiger partial charge in [0, 0.05) is 29.2 Å². The van der Waals surface area contributed by atoms with E-state index in [0.29, 0.717) is 0 Å². The topological polar surface area (TPSA) is 45.2 Å². The number of para-hydroxylation sites is 1. The number of hydrogen-bond acceptors (Lipinski definition) is 5. The standard InChI is InChI=1S/C23H23N5/c1-3-23(4-2)12-9-21-27(17-10-13-24-14-11-17)22-20(15-25-16-26-22)28(21)19-8-6-5-7-18(19)23/h5-16,21H,3-4H2,1-2H3. The number of pyridine rings is 1.